The van der Waals surface area contributed by atoms with Gasteiger partial charge in [0, 0.05) is 22.7 Å². The summed E-state index contributed by atoms with van der Waals surface area (Å²) in [7, 11) is 0. The molecule has 0 N–H and O–H groups in total. The number of hydrogen-bond acceptors (Lipinski definition) is 7. The maximum atomic E-state index is 12.8. The van der Waals surface area contributed by atoms with Gasteiger partial charge in [-0.15, -0.1) is 0 Å². The molecule has 2 heterocycles. The minimum atomic E-state index is -0.713. The van der Waals surface area contributed by atoms with Crippen LogP contribution in [0.3, 0.4) is 0 Å². The van der Waals surface area contributed by atoms with Gasteiger partial charge in [0.15, 0.2) is 0 Å². The van der Waals surface area contributed by atoms with Crippen molar-refractivity contribution in [2.75, 3.05) is 13.2 Å². The molecule has 0 saturated carbocycles. The highest BCUT2D eigenvalue weighted by atomic mass is 32.2. The Morgan fingerprint density at radius 3 is 2.48 bits per heavy atom. The van der Waals surface area contributed by atoms with Gasteiger partial charge in [-0.05, 0) is 51.6 Å². The lowest BCUT2D eigenvalue weighted by atomic mass is 10.1. The van der Waals surface area contributed by atoms with E-state index < -0.39 is 29.3 Å². The molecule has 1 saturated heterocycles. The third-order valence-electron chi connectivity index (χ3n) is 4.29. The molecule has 8 nitrogen and oxygen atoms in total. The summed E-state index contributed by atoms with van der Waals surface area (Å²) in [5.74, 6) is -1.57. The normalized spacial score (nSPS) is 15.7. The average Bonchev–Trinajstić information content (AvgIpc) is 3.13. The van der Waals surface area contributed by atoms with Crippen LogP contribution in [0.4, 0.5) is 4.79 Å². The summed E-state index contributed by atoms with van der Waals surface area (Å²) in [5.41, 5.74) is 0.771. The molecule has 0 radical (unpaired) electrons. The molecule has 1 aromatic carbocycles. The molecule has 0 spiro atoms. The van der Waals surface area contributed by atoms with Crippen molar-refractivity contribution in [1.82, 2.24) is 9.47 Å². The van der Waals surface area contributed by atoms with Gasteiger partial charge >= 0.3 is 11.9 Å². The number of aromatic nitrogens is 1. The molecule has 0 bridgehead atoms. The van der Waals surface area contributed by atoms with Gasteiger partial charge in [0.25, 0.3) is 11.1 Å². The number of para-hydroxylation sites is 1. The van der Waals surface area contributed by atoms with Crippen LogP contribution in [0.5, 0.6) is 0 Å². The summed E-state index contributed by atoms with van der Waals surface area (Å²) >= 11 is 0.766. The first kappa shape index (κ1) is 22.6. The highest BCUT2D eigenvalue weighted by Crippen LogP contribution is 2.34. The average molecular weight is 445 g/mol. The van der Waals surface area contributed by atoms with E-state index in [1.807, 2.05) is 24.3 Å². The molecule has 9 heteroatoms. The van der Waals surface area contributed by atoms with Crippen LogP contribution in [-0.2, 0) is 30.4 Å². The summed E-state index contributed by atoms with van der Waals surface area (Å²) < 4.78 is 12.0. The Bertz CT molecular complexity index is 1080. The minimum Gasteiger partial charge on any atom is -0.465 e. The fourth-order valence-corrected chi connectivity index (χ4v) is 3.98. The quantitative estimate of drug-likeness (QED) is 0.496. The number of carbonyl (C=O) groups excluding carboxylic acids is 4. The van der Waals surface area contributed by atoms with E-state index in [0.29, 0.717) is 5.56 Å². The molecule has 31 heavy (non-hydrogen) atoms. The number of hydrogen-bond donors (Lipinski definition) is 0. The molecule has 0 unspecified atom stereocenters. The maximum absolute atomic E-state index is 12.8. The van der Waals surface area contributed by atoms with Crippen LogP contribution in [0, 0.1) is 0 Å². The molecule has 1 aliphatic rings. The van der Waals surface area contributed by atoms with Crippen molar-refractivity contribution in [3.05, 3.63) is 40.9 Å². The van der Waals surface area contributed by atoms with Crippen molar-refractivity contribution in [3.8, 4) is 0 Å². The first-order valence-electron chi connectivity index (χ1n) is 9.79. The lowest BCUT2D eigenvalue weighted by Gasteiger charge is -2.21. The van der Waals surface area contributed by atoms with E-state index in [2.05, 4.69) is 0 Å². The molecule has 2 aromatic rings. The summed E-state index contributed by atoms with van der Waals surface area (Å²) in [4.78, 5) is 50.2. The van der Waals surface area contributed by atoms with Gasteiger partial charge in [-0.25, -0.2) is 0 Å². The van der Waals surface area contributed by atoms with Crippen molar-refractivity contribution in [1.29, 1.82) is 0 Å². The zero-order chi connectivity index (χ0) is 22.8. The predicted octanol–water partition coefficient (Wildman–Crippen LogP) is 3.58. The molecule has 0 atom stereocenters. The summed E-state index contributed by atoms with van der Waals surface area (Å²) in [6, 6.07) is 7.43. The van der Waals surface area contributed by atoms with Gasteiger partial charge in [0.2, 0.25) is 0 Å². The van der Waals surface area contributed by atoms with Crippen LogP contribution in [0.2, 0.25) is 0 Å². The number of thioether (sulfide) groups is 1. The Morgan fingerprint density at radius 1 is 1.10 bits per heavy atom. The van der Waals surface area contributed by atoms with E-state index in [1.54, 1.807) is 44.5 Å². The number of fused-ring (bicyclic) bond motifs is 1. The highest BCUT2D eigenvalue weighted by Gasteiger charge is 2.37. The molecule has 0 aliphatic carbocycles. The summed E-state index contributed by atoms with van der Waals surface area (Å²) in [6.07, 6.45) is 3.34. The Balaban J connectivity index is 1.86. The van der Waals surface area contributed by atoms with Gasteiger partial charge in [-0.2, -0.15) is 0 Å². The zero-order valence-electron chi connectivity index (χ0n) is 17.8. The van der Waals surface area contributed by atoms with E-state index in [9.17, 15) is 19.2 Å². The first-order chi connectivity index (χ1) is 14.6. The number of amides is 2. The van der Waals surface area contributed by atoms with Gasteiger partial charge in [0.1, 0.15) is 18.7 Å². The van der Waals surface area contributed by atoms with E-state index in [1.165, 1.54) is 0 Å². The molecular weight excluding hydrogens is 420 g/mol. The Morgan fingerprint density at radius 2 is 1.81 bits per heavy atom. The van der Waals surface area contributed by atoms with Crippen molar-refractivity contribution in [2.45, 2.75) is 39.8 Å². The van der Waals surface area contributed by atoms with Crippen LogP contribution >= 0.6 is 11.8 Å². The Labute approximate surface area is 184 Å². The fourth-order valence-electron chi connectivity index (χ4n) is 3.15. The zero-order valence-corrected chi connectivity index (χ0v) is 18.7. The third kappa shape index (κ3) is 5.35. The number of ether oxygens (including phenoxy) is 2. The second-order valence-corrected chi connectivity index (χ2v) is 8.88. The SMILES string of the molecule is CCOC(=O)Cn1cc(/C=C2\SC(=O)N(CC(=O)OC(C)(C)C)C2=O)c2ccccc21. The van der Waals surface area contributed by atoms with Gasteiger partial charge < -0.3 is 14.0 Å². The molecule has 164 valence electrons. The molecule has 1 fully saturated rings. The van der Waals surface area contributed by atoms with Gasteiger partial charge in [-0.1, -0.05) is 18.2 Å². The van der Waals surface area contributed by atoms with Crippen molar-refractivity contribution in [3.63, 3.8) is 0 Å². The van der Waals surface area contributed by atoms with Crippen molar-refractivity contribution in [2.24, 2.45) is 0 Å². The van der Waals surface area contributed by atoms with E-state index in [0.717, 1.165) is 27.6 Å². The van der Waals surface area contributed by atoms with E-state index in [-0.39, 0.29) is 24.0 Å². The van der Waals surface area contributed by atoms with Crippen LogP contribution in [0.1, 0.15) is 33.3 Å². The topological polar surface area (TPSA) is 94.9 Å². The predicted molar refractivity (Wildman–Crippen MR) is 117 cm³/mol. The Hall–Kier alpha value is -3.07. The number of imide groups is 1. The third-order valence-corrected chi connectivity index (χ3v) is 5.20. The lowest BCUT2D eigenvalue weighted by molar-refractivity contribution is -0.156. The largest absolute Gasteiger partial charge is 0.465 e. The fraction of sp³-hybridized carbons (Fsp3) is 0.364. The lowest BCUT2D eigenvalue weighted by Crippen LogP contribution is -2.37. The summed E-state index contributed by atoms with van der Waals surface area (Å²) in [6.45, 7) is 6.76. The monoisotopic (exact) mass is 444 g/mol. The van der Waals surface area contributed by atoms with E-state index in [4.69, 9.17) is 9.47 Å². The highest BCUT2D eigenvalue weighted by molar-refractivity contribution is 8.18. The van der Waals surface area contributed by atoms with Crippen molar-refractivity contribution >= 4 is 51.8 Å². The second-order valence-electron chi connectivity index (χ2n) is 7.89. The molecule has 1 aromatic heterocycles. The Kier molecular flexibility index (Phi) is 6.54. The van der Waals surface area contributed by atoms with E-state index >= 15 is 0 Å². The molecule has 3 rings (SSSR count). The van der Waals surface area contributed by atoms with Gasteiger partial charge in [-0.3, -0.25) is 24.1 Å². The van der Waals surface area contributed by atoms with Gasteiger partial charge in [0.05, 0.1) is 11.5 Å². The van der Waals surface area contributed by atoms with Crippen LogP contribution in [0.15, 0.2) is 35.4 Å². The number of carbonyl (C=O) groups is 4. The van der Waals surface area contributed by atoms with Crippen LogP contribution < -0.4 is 0 Å². The number of rotatable bonds is 6. The molecule has 1 aliphatic heterocycles. The number of esters is 2. The number of nitrogens with zero attached hydrogens (tertiary/aromatic N) is 2. The minimum absolute atomic E-state index is 0.0301. The van der Waals surface area contributed by atoms with Crippen LogP contribution in [-0.4, -0.2) is 51.3 Å². The van der Waals surface area contributed by atoms with Crippen LogP contribution in [0.25, 0.3) is 17.0 Å². The second kappa shape index (κ2) is 8.97. The van der Waals surface area contributed by atoms with Crippen molar-refractivity contribution < 1.29 is 28.7 Å². The standard InChI is InChI=1S/C22H24N2O6S/c1-5-29-18(25)12-23-11-14(15-8-6-7-9-16(15)23)10-17-20(27)24(21(28)31-17)13-19(26)30-22(2,3)4/h6-11H,5,12-13H2,1-4H3/b17-10-. The number of benzene rings is 1. The summed E-state index contributed by atoms with van der Waals surface area (Å²) in [5, 5.41) is 0.295. The molecule has 2 amide bonds. The smallest absolute Gasteiger partial charge is 0.326 e. The maximum Gasteiger partial charge on any atom is 0.326 e. The molecular formula is C22H24N2O6S. The first-order valence-corrected chi connectivity index (χ1v) is 10.6.